The molecule has 0 aromatic carbocycles. The molecular formula is C63H109NO10. The number of hydrogen-bond acceptors (Lipinski definition) is 10. The number of nitrogens with one attached hydrogen (secondary N) is 1. The van der Waals surface area contributed by atoms with Gasteiger partial charge >= 0.3 is 5.97 Å². The van der Waals surface area contributed by atoms with E-state index in [9.17, 15) is 35.1 Å². The predicted molar refractivity (Wildman–Crippen MR) is 306 cm³/mol. The highest BCUT2D eigenvalue weighted by molar-refractivity contribution is 5.80. The van der Waals surface area contributed by atoms with Crippen molar-refractivity contribution in [1.82, 2.24) is 5.32 Å². The first-order valence-electron chi connectivity index (χ1n) is 29.9. The Morgan fingerprint density at radius 2 is 0.973 bits per heavy atom. The van der Waals surface area contributed by atoms with Crippen LogP contribution in [0.25, 0.3) is 0 Å². The summed E-state index contributed by atoms with van der Waals surface area (Å²) in [6.45, 7) is 5.63. The maximum absolute atomic E-state index is 13.4. The molecule has 11 heteroatoms. The standard InChI is InChI=1S/C63H109NO10/c1-4-7-10-13-16-19-22-25-26-27-28-29-30-31-33-35-38-41-44-47-50-56(67)62(71)64-54(55(66)49-46-43-40-37-34-24-21-18-15-12-9-6-3)53-72-63-61(60(70)59(69)57(52-65)73-63)74-58(68)51-48-45-42-39-36-32-23-20-17-14-11-8-5-2/h7,10,16,19,25-26,28-29,31,33,38,41,46,49,54-57,59-61,63,65-67,69-70H,4-6,8-9,11-15,17-18,20-24,27,30,32,34-37,39-40,42-45,47-48,50-53H2,1-3H3,(H,64,71)/b10-7-,19-16-,26-25-,29-28-,33-31-,41-38-,49-46+. The fourth-order valence-corrected chi connectivity index (χ4v) is 8.84. The largest absolute Gasteiger partial charge is 0.454 e. The number of aliphatic hydroxyl groups is 5. The first-order valence-corrected chi connectivity index (χ1v) is 29.9. The highest BCUT2D eigenvalue weighted by atomic mass is 16.7. The Labute approximate surface area is 451 Å². The number of hydrogen-bond donors (Lipinski definition) is 6. The van der Waals surface area contributed by atoms with Crippen LogP contribution in [-0.4, -0.2) is 99.6 Å². The first kappa shape index (κ1) is 68.9. The molecule has 0 saturated carbocycles. The predicted octanol–water partition coefficient (Wildman–Crippen LogP) is 13.8. The molecule has 1 amide bonds. The van der Waals surface area contributed by atoms with Gasteiger partial charge in [0.2, 0.25) is 5.91 Å². The topological polar surface area (TPSA) is 175 Å². The van der Waals surface area contributed by atoms with Gasteiger partial charge in [-0.1, -0.05) is 241 Å². The Morgan fingerprint density at radius 3 is 1.45 bits per heavy atom. The van der Waals surface area contributed by atoms with Gasteiger partial charge in [0, 0.05) is 6.42 Å². The zero-order valence-corrected chi connectivity index (χ0v) is 46.9. The summed E-state index contributed by atoms with van der Waals surface area (Å²) in [5, 5.41) is 56.8. The third-order valence-corrected chi connectivity index (χ3v) is 13.6. The van der Waals surface area contributed by atoms with Crippen molar-refractivity contribution >= 4 is 11.9 Å². The molecule has 1 aliphatic heterocycles. The summed E-state index contributed by atoms with van der Waals surface area (Å²) < 4.78 is 17.6. The van der Waals surface area contributed by atoms with E-state index >= 15 is 0 Å². The summed E-state index contributed by atoms with van der Waals surface area (Å²) in [4.78, 5) is 26.5. The molecule has 0 aromatic rings. The molecule has 1 aliphatic rings. The van der Waals surface area contributed by atoms with Crippen molar-refractivity contribution in [3.05, 3.63) is 85.1 Å². The molecule has 0 aromatic heterocycles. The second-order valence-electron chi connectivity index (χ2n) is 20.4. The van der Waals surface area contributed by atoms with Crippen molar-refractivity contribution in [3.63, 3.8) is 0 Å². The minimum atomic E-state index is -1.62. The lowest BCUT2D eigenvalue weighted by Gasteiger charge is -2.41. The first-order chi connectivity index (χ1) is 36.2. The van der Waals surface area contributed by atoms with Crippen LogP contribution in [0.2, 0.25) is 0 Å². The molecule has 1 fully saturated rings. The molecule has 0 aliphatic carbocycles. The number of allylic oxidation sites excluding steroid dienone is 13. The summed E-state index contributed by atoms with van der Waals surface area (Å²) >= 11 is 0. The minimum absolute atomic E-state index is 0.118. The van der Waals surface area contributed by atoms with E-state index in [0.717, 1.165) is 83.5 Å². The van der Waals surface area contributed by atoms with E-state index in [0.29, 0.717) is 19.3 Å². The SMILES string of the molecule is CC/C=C\C/C=C\C/C=C\C/C=C\C/C=C\C/C=C\CCCC(O)C(=O)NC(COC1OC(CO)C(O)C(O)C1OC(=O)CCCCCCCCCCCCCCC)C(O)/C=C/CCCCCCCCCCCC. The van der Waals surface area contributed by atoms with Crippen LogP contribution >= 0.6 is 0 Å². The molecule has 8 atom stereocenters. The molecule has 0 spiro atoms. The maximum Gasteiger partial charge on any atom is 0.306 e. The van der Waals surface area contributed by atoms with E-state index in [1.807, 2.05) is 12.2 Å². The lowest BCUT2D eigenvalue weighted by Crippen LogP contribution is -2.61. The van der Waals surface area contributed by atoms with Crippen molar-refractivity contribution < 1.29 is 49.3 Å². The number of carbonyl (C=O) groups is 2. The van der Waals surface area contributed by atoms with Gasteiger partial charge in [-0.2, -0.15) is 0 Å². The molecule has 426 valence electrons. The van der Waals surface area contributed by atoms with Crippen molar-refractivity contribution in [3.8, 4) is 0 Å². The lowest BCUT2D eigenvalue weighted by molar-refractivity contribution is -0.305. The van der Waals surface area contributed by atoms with Crippen molar-refractivity contribution in [2.24, 2.45) is 0 Å². The Balaban J connectivity index is 2.75. The van der Waals surface area contributed by atoms with Gasteiger partial charge in [0.25, 0.3) is 0 Å². The smallest absolute Gasteiger partial charge is 0.306 e. The normalized spacial score (nSPS) is 19.9. The van der Waals surface area contributed by atoms with E-state index in [2.05, 4.69) is 92.9 Å². The number of amides is 1. The Hall–Kier alpha value is -3.16. The second kappa shape index (κ2) is 50.6. The van der Waals surface area contributed by atoms with Gasteiger partial charge in [-0.15, -0.1) is 0 Å². The second-order valence-corrected chi connectivity index (χ2v) is 20.4. The van der Waals surface area contributed by atoms with Crippen LogP contribution in [0.15, 0.2) is 85.1 Å². The van der Waals surface area contributed by atoms with Crippen molar-refractivity contribution in [2.75, 3.05) is 13.2 Å². The summed E-state index contributed by atoms with van der Waals surface area (Å²) in [6, 6.07) is -1.05. The Kier molecular flexibility index (Phi) is 47.1. The Morgan fingerprint density at radius 1 is 0.541 bits per heavy atom. The van der Waals surface area contributed by atoms with Crippen LogP contribution in [0, 0.1) is 0 Å². The summed E-state index contributed by atoms with van der Waals surface area (Å²) in [7, 11) is 0. The van der Waals surface area contributed by atoms with Crippen LogP contribution in [0.3, 0.4) is 0 Å². The van der Waals surface area contributed by atoms with E-state index in [1.165, 1.54) is 103 Å². The number of aliphatic hydroxyl groups excluding tert-OH is 5. The van der Waals surface area contributed by atoms with Gasteiger partial charge in [-0.25, -0.2) is 0 Å². The molecule has 1 rings (SSSR count). The fourth-order valence-electron chi connectivity index (χ4n) is 8.84. The van der Waals surface area contributed by atoms with Crippen molar-refractivity contribution in [2.45, 2.75) is 288 Å². The molecule has 74 heavy (non-hydrogen) atoms. The minimum Gasteiger partial charge on any atom is -0.454 e. The van der Waals surface area contributed by atoms with Gasteiger partial charge in [0.05, 0.1) is 25.4 Å². The highest BCUT2D eigenvalue weighted by Crippen LogP contribution is 2.26. The molecule has 6 N–H and O–H groups in total. The molecule has 0 radical (unpaired) electrons. The average Bonchev–Trinajstić information content (AvgIpc) is 3.40. The van der Waals surface area contributed by atoms with Crippen LogP contribution in [0.5, 0.6) is 0 Å². The van der Waals surface area contributed by atoms with Gasteiger partial charge in [0.15, 0.2) is 12.4 Å². The third-order valence-electron chi connectivity index (χ3n) is 13.6. The number of carbonyl (C=O) groups excluding carboxylic acids is 2. The number of esters is 1. The van der Waals surface area contributed by atoms with Gasteiger partial charge in [0.1, 0.15) is 24.4 Å². The zero-order chi connectivity index (χ0) is 54.0. The molecule has 8 unspecified atom stereocenters. The summed E-state index contributed by atoms with van der Waals surface area (Å²) in [6.07, 6.45) is 54.8. The van der Waals surface area contributed by atoms with E-state index in [4.69, 9.17) is 14.2 Å². The number of rotatable bonds is 49. The van der Waals surface area contributed by atoms with Crippen LogP contribution < -0.4 is 5.32 Å². The summed E-state index contributed by atoms with van der Waals surface area (Å²) in [5.74, 6) is -1.24. The number of unbranched alkanes of at least 4 members (excludes halogenated alkanes) is 23. The molecular weight excluding hydrogens is 931 g/mol. The lowest BCUT2D eigenvalue weighted by atomic mass is 9.99. The highest BCUT2D eigenvalue weighted by Gasteiger charge is 2.47. The maximum atomic E-state index is 13.4. The van der Waals surface area contributed by atoms with Crippen LogP contribution in [-0.2, 0) is 23.8 Å². The van der Waals surface area contributed by atoms with Gasteiger partial charge < -0.3 is 45.1 Å². The number of ether oxygens (including phenoxy) is 3. The molecule has 0 bridgehead atoms. The molecule has 1 heterocycles. The van der Waals surface area contributed by atoms with E-state index < -0.39 is 67.4 Å². The van der Waals surface area contributed by atoms with Crippen molar-refractivity contribution in [1.29, 1.82) is 0 Å². The van der Waals surface area contributed by atoms with Crippen LogP contribution in [0.4, 0.5) is 0 Å². The summed E-state index contributed by atoms with van der Waals surface area (Å²) in [5.41, 5.74) is 0. The Bertz CT molecular complexity index is 1520. The fraction of sp³-hybridized carbons (Fsp3) is 0.746. The monoisotopic (exact) mass is 1040 g/mol. The van der Waals surface area contributed by atoms with E-state index in [1.54, 1.807) is 6.08 Å². The average molecular weight is 1040 g/mol. The van der Waals surface area contributed by atoms with Crippen LogP contribution in [0.1, 0.15) is 239 Å². The van der Waals surface area contributed by atoms with Gasteiger partial charge in [-0.3, -0.25) is 9.59 Å². The third kappa shape index (κ3) is 38.4. The molecule has 1 saturated heterocycles. The molecule has 11 nitrogen and oxygen atoms in total. The zero-order valence-electron chi connectivity index (χ0n) is 46.9. The van der Waals surface area contributed by atoms with E-state index in [-0.39, 0.29) is 19.4 Å². The quantitative estimate of drug-likeness (QED) is 0.0195. The van der Waals surface area contributed by atoms with Gasteiger partial charge in [-0.05, 0) is 77.0 Å².